The Labute approximate surface area is 105 Å². The van der Waals surface area contributed by atoms with Crippen molar-refractivity contribution in [2.75, 3.05) is 11.9 Å². The molecule has 2 aromatic carbocycles. The first-order valence-corrected chi connectivity index (χ1v) is 5.78. The maximum atomic E-state index is 11.2. The van der Waals surface area contributed by atoms with Crippen molar-refractivity contribution >= 4 is 34.0 Å². The van der Waals surface area contributed by atoms with Crippen molar-refractivity contribution < 1.29 is 4.79 Å². The lowest BCUT2D eigenvalue weighted by Gasteiger charge is -2.27. The van der Waals surface area contributed by atoms with Gasteiger partial charge in [0.2, 0.25) is 11.9 Å². The second-order valence-corrected chi connectivity index (χ2v) is 4.33. The molecule has 1 N–H and O–H groups in total. The third-order valence-corrected chi connectivity index (χ3v) is 3.05. The third kappa shape index (κ3) is 1.54. The first-order valence-electron chi connectivity index (χ1n) is 5.78. The number of amides is 1. The van der Waals surface area contributed by atoms with E-state index in [1.165, 1.54) is 6.92 Å². The molecule has 1 aliphatic heterocycles. The minimum atomic E-state index is -0.118. The van der Waals surface area contributed by atoms with Crippen LogP contribution in [0.15, 0.2) is 41.4 Å². The van der Waals surface area contributed by atoms with Crippen molar-refractivity contribution in [3.05, 3.63) is 36.4 Å². The number of rotatable bonds is 0. The lowest BCUT2D eigenvalue weighted by molar-refractivity contribution is -0.117. The predicted molar refractivity (Wildman–Crippen MR) is 73.3 cm³/mol. The van der Waals surface area contributed by atoms with Crippen molar-refractivity contribution in [3.63, 3.8) is 0 Å². The van der Waals surface area contributed by atoms with E-state index in [1.54, 1.807) is 0 Å². The Kier molecular flexibility index (Phi) is 2.30. The summed E-state index contributed by atoms with van der Waals surface area (Å²) < 4.78 is 0. The molecular formula is C14H13N3O. The van der Waals surface area contributed by atoms with E-state index in [4.69, 9.17) is 0 Å². The standard InChI is InChI=1S/C14H13N3O/c1-9(18)15-14-16-11-7-3-5-10-6-4-8-12(13(10)11)17(14)2/h3-8H,1-2H3,(H,15,16,18). The van der Waals surface area contributed by atoms with Crippen LogP contribution in [0.3, 0.4) is 0 Å². The molecule has 0 bridgehead atoms. The van der Waals surface area contributed by atoms with E-state index < -0.39 is 0 Å². The van der Waals surface area contributed by atoms with Crippen LogP contribution in [0.25, 0.3) is 10.8 Å². The van der Waals surface area contributed by atoms with Crippen molar-refractivity contribution in [1.29, 1.82) is 0 Å². The lowest BCUT2D eigenvalue weighted by atomic mass is 10.1. The summed E-state index contributed by atoms with van der Waals surface area (Å²) in [6, 6.07) is 12.1. The van der Waals surface area contributed by atoms with Gasteiger partial charge in [0.25, 0.3) is 0 Å². The molecule has 0 radical (unpaired) electrons. The number of hydrogen-bond donors (Lipinski definition) is 1. The van der Waals surface area contributed by atoms with Crippen LogP contribution in [0.2, 0.25) is 0 Å². The molecule has 0 unspecified atom stereocenters. The van der Waals surface area contributed by atoms with Gasteiger partial charge >= 0.3 is 0 Å². The number of nitrogens with zero attached hydrogens (tertiary/aromatic N) is 2. The van der Waals surface area contributed by atoms with Crippen LogP contribution in [-0.2, 0) is 4.79 Å². The van der Waals surface area contributed by atoms with Gasteiger partial charge < -0.3 is 4.90 Å². The normalized spacial score (nSPS) is 13.4. The zero-order valence-electron chi connectivity index (χ0n) is 10.3. The van der Waals surface area contributed by atoms with Crippen LogP contribution in [0.1, 0.15) is 6.92 Å². The second kappa shape index (κ2) is 3.84. The maximum Gasteiger partial charge on any atom is 0.223 e. The molecule has 0 aliphatic carbocycles. The second-order valence-electron chi connectivity index (χ2n) is 4.33. The Morgan fingerprint density at radius 1 is 1.22 bits per heavy atom. The van der Waals surface area contributed by atoms with Gasteiger partial charge in [-0.05, 0) is 17.5 Å². The summed E-state index contributed by atoms with van der Waals surface area (Å²) in [4.78, 5) is 17.6. The van der Waals surface area contributed by atoms with E-state index >= 15 is 0 Å². The fourth-order valence-electron chi connectivity index (χ4n) is 2.25. The van der Waals surface area contributed by atoms with Gasteiger partial charge in [-0.1, -0.05) is 24.3 Å². The topological polar surface area (TPSA) is 44.7 Å². The number of carbonyl (C=O) groups is 1. The number of benzene rings is 2. The van der Waals surface area contributed by atoms with Gasteiger partial charge in [0.15, 0.2) is 0 Å². The molecule has 0 saturated heterocycles. The first-order chi connectivity index (χ1) is 8.66. The molecule has 18 heavy (non-hydrogen) atoms. The SMILES string of the molecule is CC(=O)NC1=Nc2cccc3cccc(c23)N1C. The van der Waals surface area contributed by atoms with Gasteiger partial charge in [0.05, 0.1) is 11.4 Å². The highest BCUT2D eigenvalue weighted by Crippen LogP contribution is 2.37. The Morgan fingerprint density at radius 2 is 1.94 bits per heavy atom. The minimum Gasteiger partial charge on any atom is -0.314 e. The number of guanidine groups is 1. The molecule has 4 heteroatoms. The molecule has 1 aliphatic rings. The van der Waals surface area contributed by atoms with Crippen molar-refractivity contribution in [1.82, 2.24) is 5.32 Å². The maximum absolute atomic E-state index is 11.2. The Bertz CT molecular complexity index is 671. The van der Waals surface area contributed by atoms with Gasteiger partial charge in [0, 0.05) is 19.4 Å². The third-order valence-electron chi connectivity index (χ3n) is 3.05. The highest BCUT2D eigenvalue weighted by Gasteiger charge is 2.19. The van der Waals surface area contributed by atoms with Crippen LogP contribution >= 0.6 is 0 Å². The number of hydrogen-bond acceptors (Lipinski definition) is 3. The molecule has 4 nitrogen and oxygen atoms in total. The van der Waals surface area contributed by atoms with E-state index in [0.717, 1.165) is 22.1 Å². The summed E-state index contributed by atoms with van der Waals surface area (Å²) in [5, 5.41) is 5.03. The van der Waals surface area contributed by atoms with Crippen LogP contribution < -0.4 is 10.2 Å². The molecule has 3 rings (SSSR count). The summed E-state index contributed by atoms with van der Waals surface area (Å²) >= 11 is 0. The predicted octanol–water partition coefficient (Wildman–Crippen LogP) is 2.41. The zero-order chi connectivity index (χ0) is 12.7. The number of aliphatic imine (C=N–C) groups is 1. The highest BCUT2D eigenvalue weighted by atomic mass is 16.1. The van der Waals surface area contributed by atoms with Crippen LogP contribution in [0.4, 0.5) is 11.4 Å². The van der Waals surface area contributed by atoms with Crippen molar-refractivity contribution in [3.8, 4) is 0 Å². The van der Waals surface area contributed by atoms with Gasteiger partial charge in [-0.15, -0.1) is 0 Å². The van der Waals surface area contributed by atoms with Gasteiger partial charge in [-0.2, -0.15) is 0 Å². The summed E-state index contributed by atoms with van der Waals surface area (Å²) in [6.07, 6.45) is 0. The van der Waals surface area contributed by atoms with E-state index in [1.807, 2.05) is 36.2 Å². The molecule has 0 saturated carbocycles. The molecule has 0 spiro atoms. The molecular weight excluding hydrogens is 226 g/mol. The summed E-state index contributed by atoms with van der Waals surface area (Å²) in [5.74, 6) is 0.445. The van der Waals surface area contributed by atoms with Crippen molar-refractivity contribution in [2.45, 2.75) is 6.92 Å². The Morgan fingerprint density at radius 3 is 2.67 bits per heavy atom. The lowest BCUT2D eigenvalue weighted by Crippen LogP contribution is -2.42. The quantitative estimate of drug-likeness (QED) is 0.767. The van der Waals surface area contributed by atoms with Gasteiger partial charge in [-0.3, -0.25) is 10.1 Å². The average Bonchev–Trinajstić information content (AvgIpc) is 2.35. The number of anilines is 1. The molecule has 90 valence electrons. The summed E-state index contributed by atoms with van der Waals surface area (Å²) in [7, 11) is 1.90. The van der Waals surface area contributed by atoms with Crippen LogP contribution in [0, 0.1) is 0 Å². The summed E-state index contributed by atoms with van der Waals surface area (Å²) in [6.45, 7) is 1.48. The fraction of sp³-hybridized carbons (Fsp3) is 0.143. The molecule has 0 atom stereocenters. The first kappa shape index (κ1) is 10.8. The van der Waals surface area contributed by atoms with E-state index in [2.05, 4.69) is 22.4 Å². The molecule has 0 aromatic heterocycles. The van der Waals surface area contributed by atoms with Crippen LogP contribution in [0.5, 0.6) is 0 Å². The van der Waals surface area contributed by atoms with Crippen molar-refractivity contribution in [2.24, 2.45) is 4.99 Å². The Balaban J connectivity index is 2.25. The highest BCUT2D eigenvalue weighted by molar-refractivity contribution is 6.16. The monoisotopic (exact) mass is 239 g/mol. The average molecular weight is 239 g/mol. The molecule has 2 aromatic rings. The molecule has 1 heterocycles. The largest absolute Gasteiger partial charge is 0.314 e. The van der Waals surface area contributed by atoms with Crippen LogP contribution in [-0.4, -0.2) is 18.9 Å². The minimum absolute atomic E-state index is 0.118. The zero-order valence-corrected chi connectivity index (χ0v) is 10.3. The number of nitrogens with one attached hydrogen (secondary N) is 1. The smallest absolute Gasteiger partial charge is 0.223 e. The van der Waals surface area contributed by atoms with Gasteiger partial charge in [-0.25, -0.2) is 4.99 Å². The summed E-state index contributed by atoms with van der Waals surface area (Å²) in [5.41, 5.74) is 1.95. The Hall–Kier alpha value is -2.36. The number of carbonyl (C=O) groups excluding carboxylic acids is 1. The van der Waals surface area contributed by atoms with Gasteiger partial charge in [0.1, 0.15) is 0 Å². The van der Waals surface area contributed by atoms with E-state index in [0.29, 0.717) is 5.96 Å². The van der Waals surface area contributed by atoms with E-state index in [-0.39, 0.29) is 5.91 Å². The molecule has 0 fully saturated rings. The fourth-order valence-corrected chi connectivity index (χ4v) is 2.25. The molecule has 1 amide bonds. The van der Waals surface area contributed by atoms with E-state index in [9.17, 15) is 4.79 Å².